The highest BCUT2D eigenvalue weighted by molar-refractivity contribution is 6.04. The summed E-state index contributed by atoms with van der Waals surface area (Å²) in [5.74, 6) is 0. The van der Waals surface area contributed by atoms with Gasteiger partial charge in [-0.3, -0.25) is 0 Å². The highest BCUT2D eigenvalue weighted by Gasteiger charge is 2.22. The minimum atomic E-state index is 0.418. The van der Waals surface area contributed by atoms with Gasteiger partial charge in [0.15, 0.2) is 0 Å². The van der Waals surface area contributed by atoms with Gasteiger partial charge in [0.25, 0.3) is 0 Å². The van der Waals surface area contributed by atoms with Crippen molar-refractivity contribution >= 4 is 0 Å². The van der Waals surface area contributed by atoms with E-state index in [1.807, 2.05) is 97.1 Å². The molecular formula is C48H32. The summed E-state index contributed by atoms with van der Waals surface area (Å²) in [6, 6.07) is 47.8. The van der Waals surface area contributed by atoms with E-state index in [9.17, 15) is 0 Å². The number of hydrogen-bond donors (Lipinski definition) is 0. The van der Waals surface area contributed by atoms with Gasteiger partial charge in [0, 0.05) is 0 Å². The lowest BCUT2D eigenvalue weighted by Crippen LogP contribution is -1.96. The maximum absolute atomic E-state index is 8.15. The van der Waals surface area contributed by atoms with E-state index in [4.69, 9.17) is 11.0 Å². The lowest BCUT2D eigenvalue weighted by atomic mass is 9.81. The lowest BCUT2D eigenvalue weighted by molar-refractivity contribution is 1.52. The topological polar surface area (TPSA) is 0 Å². The summed E-state index contributed by atoms with van der Waals surface area (Å²) in [6.07, 6.45) is 0. The predicted octanol–water partition coefficient (Wildman–Crippen LogP) is 13.3. The molecular weight excluding hydrogens is 577 g/mol. The van der Waals surface area contributed by atoms with E-state index in [0.717, 1.165) is 89.0 Å². The SMILES string of the molecule is [2H]c1ccc2c(c1)-c1cc([2H])ccc1-c1ccc([2H])cc1-c1cc([2H])ccc1-2.[2H]c1ccc2c(c1)-c1cc([2H])ccc1-c1ccc([2H])cc1-c1cc([2H])ccc1-2. The minimum absolute atomic E-state index is 0.418. The smallest absolute Gasteiger partial charge is 0.0616 e. The van der Waals surface area contributed by atoms with Crippen LogP contribution in [0, 0.1) is 0 Å². The summed E-state index contributed by atoms with van der Waals surface area (Å²) in [6.45, 7) is 0. The fraction of sp³-hybridized carbons (Fsp3) is 0. The van der Waals surface area contributed by atoms with Crippen molar-refractivity contribution in [2.75, 3.05) is 0 Å². The summed E-state index contributed by atoms with van der Waals surface area (Å²) in [5.41, 5.74) is 15.1. The second-order valence-electron chi connectivity index (χ2n) is 11.8. The fourth-order valence-electron chi connectivity index (χ4n) is 7.10. The summed E-state index contributed by atoms with van der Waals surface area (Å²) in [5, 5.41) is 0. The van der Waals surface area contributed by atoms with E-state index < -0.39 is 0 Å². The van der Waals surface area contributed by atoms with Gasteiger partial charge in [0.2, 0.25) is 0 Å². The number of hydrogen-bond acceptors (Lipinski definition) is 0. The van der Waals surface area contributed by atoms with E-state index in [1.165, 1.54) is 0 Å². The molecule has 8 aromatic rings. The zero-order valence-electron chi connectivity index (χ0n) is 33.9. The monoisotopic (exact) mass is 616 g/mol. The van der Waals surface area contributed by atoms with Gasteiger partial charge in [-0.2, -0.15) is 0 Å². The first-order valence-electron chi connectivity index (χ1n) is 19.9. The van der Waals surface area contributed by atoms with Crippen LogP contribution in [0.3, 0.4) is 0 Å². The van der Waals surface area contributed by atoms with Crippen molar-refractivity contribution in [3.63, 3.8) is 0 Å². The molecule has 0 amide bonds. The van der Waals surface area contributed by atoms with Crippen molar-refractivity contribution in [2.45, 2.75) is 0 Å². The Morgan fingerprint density at radius 1 is 0.167 bits per heavy atom. The van der Waals surface area contributed by atoms with Gasteiger partial charge in [0.1, 0.15) is 0 Å². The maximum Gasteiger partial charge on any atom is 0.0623 e. The third kappa shape index (κ3) is 4.62. The number of rotatable bonds is 0. The third-order valence-corrected chi connectivity index (χ3v) is 9.23. The van der Waals surface area contributed by atoms with Gasteiger partial charge in [-0.15, -0.1) is 0 Å². The Morgan fingerprint density at radius 2 is 0.271 bits per heavy atom. The molecule has 0 saturated heterocycles. The zero-order valence-corrected chi connectivity index (χ0v) is 25.9. The molecule has 8 aromatic carbocycles. The first-order chi connectivity index (χ1) is 27.0. The third-order valence-electron chi connectivity index (χ3n) is 9.23. The van der Waals surface area contributed by atoms with Crippen LogP contribution in [0.5, 0.6) is 0 Å². The number of fused-ring (bicyclic) bond motifs is 16. The molecule has 0 fully saturated rings. The summed E-state index contributed by atoms with van der Waals surface area (Å²) >= 11 is 0. The molecule has 0 aliphatic heterocycles. The molecule has 2 aliphatic rings. The van der Waals surface area contributed by atoms with Crippen LogP contribution in [0.2, 0.25) is 0 Å². The summed E-state index contributed by atoms with van der Waals surface area (Å²) < 4.78 is 65.2. The molecule has 10 rings (SSSR count). The predicted molar refractivity (Wildman–Crippen MR) is 203 cm³/mol. The van der Waals surface area contributed by atoms with Crippen LogP contribution >= 0.6 is 0 Å². The Hall–Kier alpha value is -6.24. The fourth-order valence-corrected chi connectivity index (χ4v) is 7.10. The van der Waals surface area contributed by atoms with Gasteiger partial charge in [-0.25, -0.2) is 0 Å². The minimum Gasteiger partial charge on any atom is -0.0616 e. The number of benzene rings is 8. The van der Waals surface area contributed by atoms with Gasteiger partial charge >= 0.3 is 0 Å². The van der Waals surface area contributed by atoms with Crippen LogP contribution in [0.25, 0.3) is 89.0 Å². The van der Waals surface area contributed by atoms with Crippen molar-refractivity contribution in [3.8, 4) is 89.0 Å². The molecule has 0 radical (unpaired) electrons. The van der Waals surface area contributed by atoms with Crippen molar-refractivity contribution < 1.29 is 11.0 Å². The van der Waals surface area contributed by atoms with E-state index >= 15 is 0 Å². The maximum atomic E-state index is 8.15. The Balaban J connectivity index is 0.000000146. The van der Waals surface area contributed by atoms with Gasteiger partial charge in [-0.1, -0.05) is 194 Å². The van der Waals surface area contributed by atoms with Crippen LogP contribution in [0.15, 0.2) is 194 Å². The van der Waals surface area contributed by atoms with Gasteiger partial charge < -0.3 is 0 Å². The highest BCUT2D eigenvalue weighted by Crippen LogP contribution is 2.48. The average Bonchev–Trinajstić information content (AvgIpc) is 3.18. The van der Waals surface area contributed by atoms with Gasteiger partial charge in [0.05, 0.1) is 11.0 Å². The van der Waals surface area contributed by atoms with E-state index in [0.29, 0.717) is 48.3 Å². The molecule has 0 unspecified atom stereocenters. The Labute approximate surface area is 293 Å². The quantitative estimate of drug-likeness (QED) is 0.159. The molecule has 0 atom stereocenters. The highest BCUT2D eigenvalue weighted by atomic mass is 14.2. The van der Waals surface area contributed by atoms with E-state index in [1.54, 1.807) is 48.5 Å². The van der Waals surface area contributed by atoms with Gasteiger partial charge in [-0.05, 0) is 89.0 Å². The molecule has 2 aliphatic carbocycles. The molecule has 0 nitrogen and oxygen atoms in total. The molecule has 0 spiro atoms. The first kappa shape index (κ1) is 20.8. The summed E-state index contributed by atoms with van der Waals surface area (Å²) in [4.78, 5) is 0. The van der Waals surface area contributed by atoms with Crippen LogP contribution < -0.4 is 0 Å². The van der Waals surface area contributed by atoms with Crippen LogP contribution in [0.1, 0.15) is 11.0 Å². The Morgan fingerprint density at radius 3 is 0.396 bits per heavy atom. The average molecular weight is 617 g/mol. The normalized spacial score (nSPS) is 13.7. The molecule has 224 valence electrons. The van der Waals surface area contributed by atoms with E-state index in [-0.39, 0.29) is 0 Å². The van der Waals surface area contributed by atoms with Crippen LogP contribution in [-0.4, -0.2) is 0 Å². The lowest BCUT2D eigenvalue weighted by Gasteiger charge is -2.22. The van der Waals surface area contributed by atoms with Crippen molar-refractivity contribution in [1.29, 1.82) is 0 Å². The van der Waals surface area contributed by atoms with Crippen molar-refractivity contribution in [1.82, 2.24) is 0 Å². The Bertz CT molecular complexity index is 2320. The zero-order chi connectivity index (χ0) is 38.8. The first-order valence-corrected chi connectivity index (χ1v) is 15.9. The van der Waals surface area contributed by atoms with Crippen LogP contribution in [-0.2, 0) is 0 Å². The van der Waals surface area contributed by atoms with Crippen LogP contribution in [0.4, 0.5) is 0 Å². The molecule has 0 bridgehead atoms. The molecule has 48 heavy (non-hydrogen) atoms. The molecule has 0 heteroatoms. The molecule has 0 heterocycles. The largest absolute Gasteiger partial charge is 0.0623 e. The standard InChI is InChI=1S/2C24H16/c2*1-2-10-18-17(9-1)19-11-3-4-13-21(19)23-15-7-8-16-24(23)22-14-6-5-12-20(18)22/h2*1-16H/i2*1D,3D,6D,8D. The Kier molecular flexibility index (Phi) is 5.13. The molecule has 0 aromatic heterocycles. The molecule has 0 saturated carbocycles. The second-order valence-corrected chi connectivity index (χ2v) is 11.8. The molecule has 0 N–H and O–H groups in total. The van der Waals surface area contributed by atoms with E-state index in [2.05, 4.69) is 0 Å². The second kappa shape index (κ2) is 11.8. The summed E-state index contributed by atoms with van der Waals surface area (Å²) in [7, 11) is 0. The van der Waals surface area contributed by atoms with Crippen molar-refractivity contribution in [2.24, 2.45) is 0 Å². The van der Waals surface area contributed by atoms with Crippen molar-refractivity contribution in [3.05, 3.63) is 194 Å².